The van der Waals surface area contributed by atoms with Gasteiger partial charge in [0, 0.05) is 19.4 Å². The van der Waals surface area contributed by atoms with Crippen LogP contribution in [-0.4, -0.2) is 18.4 Å². The van der Waals surface area contributed by atoms with Gasteiger partial charge in [-0.05, 0) is 71.1 Å². The van der Waals surface area contributed by atoms with Gasteiger partial charge in [0.1, 0.15) is 0 Å². The van der Waals surface area contributed by atoms with Crippen molar-refractivity contribution in [2.45, 2.75) is 201 Å². The lowest BCUT2D eigenvalue weighted by atomic mass is 10.1. The second kappa shape index (κ2) is 39.4. The number of primary amides is 1. The highest BCUT2D eigenvalue weighted by molar-refractivity contribution is 5.75. The number of nitrogens with one attached hydrogen (secondary N) is 1. The minimum Gasteiger partial charge on any atom is -0.370 e. The van der Waals surface area contributed by atoms with Gasteiger partial charge < -0.3 is 11.1 Å². The number of amides is 2. The van der Waals surface area contributed by atoms with Crippen LogP contribution in [0, 0.1) is 0 Å². The summed E-state index contributed by atoms with van der Waals surface area (Å²) in [5, 5.41) is 2.85. The molecule has 0 unspecified atom stereocenters. The summed E-state index contributed by atoms with van der Waals surface area (Å²) in [4.78, 5) is 21.8. The van der Waals surface area contributed by atoms with Crippen LogP contribution in [0.1, 0.15) is 201 Å². The molecule has 0 radical (unpaired) electrons. The standard InChI is InChI=1S/C20H39NO.C18H35NO/c1-3-5-6-7-8-9-10-11-12-13-14-15-16-17-18-19-20(22)21-4-2;1-2-3-4-5-6-7-8-9-10-11-12-13-14-15-16-17-18(19)20/h11-12H,3-10,13-19H2,1-2H3,(H,21,22);9-10H,2-8,11-17H2,1H3,(H2,19,20)/b12-11-;10-9-. The smallest absolute Gasteiger partial charge is 0.219 e. The molecular weight excluding hydrogens is 516 g/mol. The molecule has 4 heteroatoms. The van der Waals surface area contributed by atoms with Crippen LogP contribution in [0.15, 0.2) is 24.3 Å². The molecule has 0 saturated heterocycles. The van der Waals surface area contributed by atoms with Crippen LogP contribution in [-0.2, 0) is 9.59 Å². The first-order valence-corrected chi connectivity index (χ1v) is 18.4. The second-order valence-corrected chi connectivity index (χ2v) is 12.1. The monoisotopic (exact) mass is 591 g/mol. The van der Waals surface area contributed by atoms with E-state index in [0.29, 0.717) is 12.8 Å². The van der Waals surface area contributed by atoms with Crippen molar-refractivity contribution in [1.82, 2.24) is 5.32 Å². The van der Waals surface area contributed by atoms with Crippen molar-refractivity contribution < 1.29 is 9.59 Å². The largest absolute Gasteiger partial charge is 0.370 e. The first-order valence-electron chi connectivity index (χ1n) is 18.4. The highest BCUT2D eigenvalue weighted by Crippen LogP contribution is 2.11. The molecule has 0 aliphatic rings. The minimum atomic E-state index is -0.164. The molecule has 248 valence electrons. The lowest BCUT2D eigenvalue weighted by Gasteiger charge is -2.02. The fourth-order valence-electron chi connectivity index (χ4n) is 5.01. The first-order chi connectivity index (χ1) is 20.6. The predicted molar refractivity (Wildman–Crippen MR) is 187 cm³/mol. The van der Waals surface area contributed by atoms with E-state index in [0.717, 1.165) is 25.8 Å². The van der Waals surface area contributed by atoms with Gasteiger partial charge in [-0.3, -0.25) is 9.59 Å². The number of rotatable bonds is 31. The highest BCUT2D eigenvalue weighted by Gasteiger charge is 1.98. The fourth-order valence-corrected chi connectivity index (χ4v) is 5.01. The van der Waals surface area contributed by atoms with E-state index in [9.17, 15) is 9.59 Å². The Morgan fingerprint density at radius 1 is 0.452 bits per heavy atom. The third-order valence-electron chi connectivity index (χ3n) is 7.72. The van der Waals surface area contributed by atoms with Gasteiger partial charge in [-0.2, -0.15) is 0 Å². The van der Waals surface area contributed by atoms with Crippen LogP contribution in [0.25, 0.3) is 0 Å². The molecule has 0 spiro atoms. The zero-order valence-corrected chi connectivity index (χ0v) is 28.7. The van der Waals surface area contributed by atoms with Crippen LogP contribution in [0.2, 0.25) is 0 Å². The summed E-state index contributed by atoms with van der Waals surface area (Å²) >= 11 is 0. The lowest BCUT2D eigenvalue weighted by molar-refractivity contribution is -0.121. The average Bonchev–Trinajstić information content (AvgIpc) is 2.97. The number of hydrogen-bond donors (Lipinski definition) is 2. The Morgan fingerprint density at radius 3 is 1.10 bits per heavy atom. The predicted octanol–water partition coefficient (Wildman–Crippen LogP) is 11.7. The van der Waals surface area contributed by atoms with Crippen LogP contribution in [0.4, 0.5) is 0 Å². The maximum absolute atomic E-state index is 11.3. The summed E-state index contributed by atoms with van der Waals surface area (Å²) < 4.78 is 0. The lowest BCUT2D eigenvalue weighted by Crippen LogP contribution is -2.21. The van der Waals surface area contributed by atoms with Gasteiger partial charge in [-0.25, -0.2) is 0 Å². The summed E-state index contributed by atoms with van der Waals surface area (Å²) in [7, 11) is 0. The second-order valence-electron chi connectivity index (χ2n) is 12.1. The molecule has 0 aliphatic carbocycles. The Morgan fingerprint density at radius 2 is 0.762 bits per heavy atom. The van der Waals surface area contributed by atoms with E-state index in [4.69, 9.17) is 5.73 Å². The first kappa shape index (κ1) is 42.6. The molecule has 0 heterocycles. The van der Waals surface area contributed by atoms with Gasteiger partial charge in [-0.1, -0.05) is 141 Å². The molecule has 0 saturated carbocycles. The number of unbranched alkanes of at least 4 members (excludes halogenated alkanes) is 22. The van der Waals surface area contributed by atoms with Crippen molar-refractivity contribution in [3.05, 3.63) is 24.3 Å². The van der Waals surface area contributed by atoms with Crippen LogP contribution < -0.4 is 11.1 Å². The van der Waals surface area contributed by atoms with Crippen molar-refractivity contribution in [2.75, 3.05) is 6.54 Å². The summed E-state index contributed by atoms with van der Waals surface area (Å²) in [6.07, 6.45) is 44.3. The Hall–Kier alpha value is -1.58. The van der Waals surface area contributed by atoms with Crippen molar-refractivity contribution in [2.24, 2.45) is 5.73 Å². The zero-order valence-electron chi connectivity index (χ0n) is 28.7. The topological polar surface area (TPSA) is 72.2 Å². The van der Waals surface area contributed by atoms with Crippen LogP contribution in [0.3, 0.4) is 0 Å². The highest BCUT2D eigenvalue weighted by atomic mass is 16.1. The number of nitrogens with two attached hydrogens (primary N) is 1. The SMILES string of the molecule is CCCCCCCC/C=C\CCCCCCCC(=O)NCC.CCCCCCCC/C=C\CCCCCCCC(N)=O. The van der Waals surface area contributed by atoms with Gasteiger partial charge in [0.05, 0.1) is 0 Å². The van der Waals surface area contributed by atoms with E-state index >= 15 is 0 Å². The maximum atomic E-state index is 11.3. The third-order valence-corrected chi connectivity index (χ3v) is 7.72. The molecule has 0 aliphatic heterocycles. The molecule has 42 heavy (non-hydrogen) atoms. The molecule has 0 aromatic carbocycles. The molecule has 0 bridgehead atoms. The zero-order chi connectivity index (χ0) is 31.2. The molecular formula is C38H74N2O2. The van der Waals surface area contributed by atoms with Crippen molar-refractivity contribution >= 4 is 11.8 Å². The summed E-state index contributed by atoms with van der Waals surface area (Å²) in [5.41, 5.74) is 5.10. The van der Waals surface area contributed by atoms with Gasteiger partial charge in [-0.15, -0.1) is 0 Å². The number of allylic oxidation sites excluding steroid dienone is 4. The van der Waals surface area contributed by atoms with Gasteiger partial charge in [0.25, 0.3) is 0 Å². The summed E-state index contributed by atoms with van der Waals surface area (Å²) in [6.45, 7) is 7.26. The number of hydrogen-bond acceptors (Lipinski definition) is 2. The summed E-state index contributed by atoms with van der Waals surface area (Å²) in [5.74, 6) is 0.0442. The van der Waals surface area contributed by atoms with E-state index in [1.165, 1.54) is 148 Å². The Labute approximate surface area is 263 Å². The van der Waals surface area contributed by atoms with Gasteiger partial charge in [0.15, 0.2) is 0 Å². The Kier molecular flexibility index (Phi) is 39.9. The van der Waals surface area contributed by atoms with Crippen LogP contribution >= 0.6 is 0 Å². The molecule has 0 aromatic heterocycles. The minimum absolute atomic E-state index is 0.164. The van der Waals surface area contributed by atoms with E-state index in [2.05, 4.69) is 43.5 Å². The number of carbonyl (C=O) groups excluding carboxylic acids is 2. The van der Waals surface area contributed by atoms with Crippen LogP contribution in [0.5, 0.6) is 0 Å². The van der Waals surface area contributed by atoms with Crippen molar-refractivity contribution in [3.63, 3.8) is 0 Å². The maximum Gasteiger partial charge on any atom is 0.219 e. The molecule has 2 amide bonds. The van der Waals surface area contributed by atoms with E-state index in [-0.39, 0.29) is 11.8 Å². The molecule has 4 nitrogen and oxygen atoms in total. The fraction of sp³-hybridized carbons (Fsp3) is 0.842. The van der Waals surface area contributed by atoms with E-state index < -0.39 is 0 Å². The van der Waals surface area contributed by atoms with Crippen molar-refractivity contribution in [1.29, 1.82) is 0 Å². The van der Waals surface area contributed by atoms with E-state index in [1.807, 2.05) is 6.92 Å². The molecule has 0 fully saturated rings. The van der Waals surface area contributed by atoms with Crippen molar-refractivity contribution in [3.8, 4) is 0 Å². The van der Waals surface area contributed by atoms with E-state index in [1.54, 1.807) is 0 Å². The third kappa shape index (κ3) is 42.9. The quantitative estimate of drug-likeness (QED) is 0.0622. The average molecular weight is 591 g/mol. The number of carbonyl (C=O) groups is 2. The normalized spacial score (nSPS) is 11.2. The molecule has 0 atom stereocenters. The Bertz CT molecular complexity index is 600. The molecule has 3 N–H and O–H groups in total. The Balaban J connectivity index is 0. The molecule has 0 aromatic rings. The summed E-state index contributed by atoms with van der Waals surface area (Å²) in [6, 6.07) is 0. The molecule has 0 rings (SSSR count). The van der Waals surface area contributed by atoms with Gasteiger partial charge >= 0.3 is 0 Å². The van der Waals surface area contributed by atoms with Gasteiger partial charge in [0.2, 0.25) is 11.8 Å².